The van der Waals surface area contributed by atoms with Crippen LogP contribution in [-0.2, 0) is 6.54 Å². The molecule has 0 radical (unpaired) electrons. The van der Waals surface area contributed by atoms with E-state index in [1.165, 1.54) is 12.8 Å². The number of aromatic nitrogens is 1. The van der Waals surface area contributed by atoms with Gasteiger partial charge in [0.05, 0.1) is 12.3 Å². The molecule has 3 saturated carbocycles. The van der Waals surface area contributed by atoms with Crippen molar-refractivity contribution in [3.8, 4) is 17.2 Å². The first-order chi connectivity index (χ1) is 12.5. The van der Waals surface area contributed by atoms with Gasteiger partial charge in [-0.3, -0.25) is 0 Å². The first kappa shape index (κ1) is 17.6. The van der Waals surface area contributed by atoms with Gasteiger partial charge < -0.3 is 14.5 Å². The zero-order chi connectivity index (χ0) is 18.3. The van der Waals surface area contributed by atoms with Crippen LogP contribution in [0.4, 0.5) is 0 Å². The lowest BCUT2D eigenvalue weighted by molar-refractivity contribution is -0.115. The zero-order valence-corrected chi connectivity index (χ0v) is 16.3. The van der Waals surface area contributed by atoms with E-state index in [4.69, 9.17) is 9.15 Å². The van der Waals surface area contributed by atoms with Crippen LogP contribution in [0.2, 0.25) is 0 Å². The van der Waals surface area contributed by atoms with E-state index in [1.54, 1.807) is 6.26 Å². The molecule has 2 bridgehead atoms. The second kappa shape index (κ2) is 6.73. The van der Waals surface area contributed by atoms with Crippen LogP contribution in [0.3, 0.4) is 0 Å². The maximum Gasteiger partial charge on any atom is 0.226 e. The molecule has 4 nitrogen and oxygen atoms in total. The van der Waals surface area contributed by atoms with Crippen molar-refractivity contribution in [1.82, 2.24) is 10.3 Å². The van der Waals surface area contributed by atoms with Crippen molar-refractivity contribution in [2.75, 3.05) is 6.61 Å². The highest BCUT2D eigenvalue weighted by atomic mass is 16.5. The standard InChI is InChI=1S/C22H30N2O2/c1-5-25-18-8-6-15(7-9-18)21-24-17(13-26-21)12-23-20-11-16-10-19(14(20)2)22(16,3)4/h6-9,13-14,16,19-20,23H,5,10-12H2,1-4H3/t14-,16+,19-,20?/m1/s1. The van der Waals surface area contributed by atoms with E-state index in [1.807, 2.05) is 31.2 Å². The summed E-state index contributed by atoms with van der Waals surface area (Å²) in [6, 6.07) is 8.49. The van der Waals surface area contributed by atoms with Crippen LogP contribution in [0.5, 0.6) is 5.75 Å². The first-order valence-electron chi connectivity index (χ1n) is 9.90. The molecule has 3 fully saturated rings. The van der Waals surface area contributed by atoms with E-state index in [0.29, 0.717) is 24.0 Å². The molecule has 3 aliphatic carbocycles. The number of nitrogens with one attached hydrogen (secondary N) is 1. The molecule has 0 aliphatic heterocycles. The minimum absolute atomic E-state index is 0.534. The van der Waals surface area contributed by atoms with Gasteiger partial charge in [-0.15, -0.1) is 0 Å². The quantitative estimate of drug-likeness (QED) is 0.801. The smallest absolute Gasteiger partial charge is 0.226 e. The number of rotatable bonds is 6. The molecule has 3 aliphatic rings. The predicted octanol–water partition coefficient (Wildman–Crippen LogP) is 4.90. The summed E-state index contributed by atoms with van der Waals surface area (Å²) in [5.74, 6) is 4.00. The van der Waals surface area contributed by atoms with E-state index in [2.05, 4.69) is 31.1 Å². The number of ether oxygens (including phenoxy) is 1. The molecule has 4 heteroatoms. The summed E-state index contributed by atoms with van der Waals surface area (Å²) < 4.78 is 11.2. The molecule has 2 aromatic rings. The highest BCUT2D eigenvalue weighted by Crippen LogP contribution is 2.61. The maximum atomic E-state index is 5.69. The molecule has 5 rings (SSSR count). The molecular weight excluding hydrogens is 324 g/mol. The Hall–Kier alpha value is -1.81. The third kappa shape index (κ3) is 3.05. The summed E-state index contributed by atoms with van der Waals surface area (Å²) in [5, 5.41) is 3.73. The number of oxazole rings is 1. The lowest BCUT2D eigenvalue weighted by Gasteiger charge is -2.62. The Morgan fingerprint density at radius 2 is 2.00 bits per heavy atom. The number of benzene rings is 1. The SMILES string of the molecule is CCOc1ccc(-c2nc(CNC3C[C@@H]4C[C@H]([C@H]3C)C4(C)C)co2)cc1. The van der Waals surface area contributed by atoms with Gasteiger partial charge in [0.15, 0.2) is 0 Å². The van der Waals surface area contributed by atoms with E-state index in [0.717, 1.165) is 41.3 Å². The van der Waals surface area contributed by atoms with Gasteiger partial charge >= 0.3 is 0 Å². The van der Waals surface area contributed by atoms with Gasteiger partial charge in [-0.25, -0.2) is 4.98 Å². The minimum atomic E-state index is 0.534. The first-order valence-corrected chi connectivity index (χ1v) is 9.90. The fraction of sp³-hybridized carbons (Fsp3) is 0.591. The fourth-order valence-corrected chi connectivity index (χ4v) is 5.04. The molecule has 1 unspecified atom stereocenters. The minimum Gasteiger partial charge on any atom is -0.494 e. The van der Waals surface area contributed by atoms with Crippen LogP contribution < -0.4 is 10.1 Å². The Morgan fingerprint density at radius 1 is 1.23 bits per heavy atom. The maximum absolute atomic E-state index is 5.69. The summed E-state index contributed by atoms with van der Waals surface area (Å²) in [4.78, 5) is 4.65. The molecule has 1 aromatic carbocycles. The van der Waals surface area contributed by atoms with Gasteiger partial charge in [-0.2, -0.15) is 0 Å². The average molecular weight is 354 g/mol. The molecule has 0 spiro atoms. The molecular formula is C22H30N2O2. The molecule has 140 valence electrons. The van der Waals surface area contributed by atoms with E-state index in [-0.39, 0.29) is 0 Å². The second-order valence-electron chi connectivity index (χ2n) is 8.54. The fourth-order valence-electron chi connectivity index (χ4n) is 5.04. The topological polar surface area (TPSA) is 47.3 Å². The highest BCUT2D eigenvalue weighted by Gasteiger charge is 2.55. The number of fused-ring (bicyclic) bond motifs is 2. The van der Waals surface area contributed by atoms with Crippen molar-refractivity contribution in [2.24, 2.45) is 23.2 Å². The molecule has 1 aromatic heterocycles. The van der Waals surface area contributed by atoms with Gasteiger partial charge in [0.1, 0.15) is 12.0 Å². The van der Waals surface area contributed by atoms with Crippen molar-refractivity contribution in [3.63, 3.8) is 0 Å². The Morgan fingerprint density at radius 3 is 2.65 bits per heavy atom. The molecule has 1 heterocycles. The van der Waals surface area contributed by atoms with Crippen molar-refractivity contribution in [3.05, 3.63) is 36.2 Å². The van der Waals surface area contributed by atoms with E-state index in [9.17, 15) is 0 Å². The van der Waals surface area contributed by atoms with Crippen LogP contribution >= 0.6 is 0 Å². The third-order valence-electron chi connectivity index (χ3n) is 6.86. The average Bonchev–Trinajstić information content (AvgIpc) is 3.10. The van der Waals surface area contributed by atoms with Crippen LogP contribution in [0.1, 0.15) is 46.2 Å². The molecule has 26 heavy (non-hydrogen) atoms. The molecule has 0 amide bonds. The Balaban J connectivity index is 1.36. The van der Waals surface area contributed by atoms with Crippen molar-refractivity contribution >= 4 is 0 Å². The number of hydrogen-bond donors (Lipinski definition) is 1. The van der Waals surface area contributed by atoms with Crippen LogP contribution in [0, 0.1) is 23.2 Å². The Labute approximate surface area is 156 Å². The lowest BCUT2D eigenvalue weighted by atomic mass is 9.45. The van der Waals surface area contributed by atoms with Crippen LogP contribution in [0.25, 0.3) is 11.5 Å². The van der Waals surface area contributed by atoms with E-state index < -0.39 is 0 Å². The number of hydrogen-bond acceptors (Lipinski definition) is 4. The van der Waals surface area contributed by atoms with Gasteiger partial charge in [0, 0.05) is 18.2 Å². The zero-order valence-electron chi connectivity index (χ0n) is 16.3. The monoisotopic (exact) mass is 354 g/mol. The van der Waals surface area contributed by atoms with Gasteiger partial charge in [-0.1, -0.05) is 20.8 Å². The Kier molecular flexibility index (Phi) is 4.55. The largest absolute Gasteiger partial charge is 0.494 e. The van der Waals surface area contributed by atoms with E-state index >= 15 is 0 Å². The molecule has 4 atom stereocenters. The Bertz CT molecular complexity index is 750. The van der Waals surface area contributed by atoms with Gasteiger partial charge in [0.2, 0.25) is 5.89 Å². The summed E-state index contributed by atoms with van der Waals surface area (Å²) in [5.41, 5.74) is 2.49. The number of nitrogens with zero attached hydrogens (tertiary/aromatic N) is 1. The summed E-state index contributed by atoms with van der Waals surface area (Å²) in [7, 11) is 0. The normalized spacial score (nSPS) is 29.2. The summed E-state index contributed by atoms with van der Waals surface area (Å²) >= 11 is 0. The van der Waals surface area contributed by atoms with Crippen molar-refractivity contribution < 1.29 is 9.15 Å². The summed E-state index contributed by atoms with van der Waals surface area (Å²) in [6.45, 7) is 10.7. The second-order valence-corrected chi connectivity index (χ2v) is 8.54. The molecule has 1 N–H and O–H groups in total. The summed E-state index contributed by atoms with van der Waals surface area (Å²) in [6.07, 6.45) is 4.48. The van der Waals surface area contributed by atoms with Crippen LogP contribution in [-0.4, -0.2) is 17.6 Å². The van der Waals surface area contributed by atoms with Crippen LogP contribution in [0.15, 0.2) is 34.9 Å². The highest BCUT2D eigenvalue weighted by molar-refractivity contribution is 5.54. The lowest BCUT2D eigenvalue weighted by Crippen LogP contribution is -2.59. The van der Waals surface area contributed by atoms with Gasteiger partial charge in [0.25, 0.3) is 0 Å². The third-order valence-corrected chi connectivity index (χ3v) is 6.86. The van der Waals surface area contributed by atoms with Gasteiger partial charge in [-0.05, 0) is 67.2 Å². The van der Waals surface area contributed by atoms with Crippen molar-refractivity contribution in [2.45, 2.75) is 53.1 Å². The molecule has 0 saturated heterocycles. The van der Waals surface area contributed by atoms with Crippen molar-refractivity contribution in [1.29, 1.82) is 0 Å². The predicted molar refractivity (Wildman–Crippen MR) is 103 cm³/mol.